The monoisotopic (exact) mass is 688 g/mol. The van der Waals surface area contributed by atoms with E-state index in [9.17, 15) is 0 Å². The number of rotatable bonds is 0. The van der Waals surface area contributed by atoms with Crippen molar-refractivity contribution in [3.05, 3.63) is 158 Å². The lowest BCUT2D eigenvalue weighted by atomic mass is 9.34. The maximum Gasteiger partial charge on any atom is 0.260 e. The van der Waals surface area contributed by atoms with E-state index in [4.69, 9.17) is 18.9 Å². The first kappa shape index (κ1) is 28.6. The standard InChI is InChI=1S/C48H26B2O4/c1-3-13-29-27(11-1)31-23-37-46(54-43-21-9-19-41-47(43)49(37)35-15-5-7-17-39(35)51-41)26-34(31)30-14-4-2-12-28(30)32-24-38-45(25-33(29)32)53-44-22-10-20-42-48(44)50(38)36-16-6-8-18-40(36)52-42/h1-26H. The summed E-state index contributed by atoms with van der Waals surface area (Å²) in [5.74, 6) is 6.89. The zero-order chi connectivity index (χ0) is 35.1. The van der Waals surface area contributed by atoms with Gasteiger partial charge in [-0.05, 0) is 115 Å². The molecule has 0 aromatic heterocycles. The van der Waals surface area contributed by atoms with Crippen LogP contribution in [0, 0.1) is 0 Å². The second-order valence-corrected chi connectivity index (χ2v) is 14.6. The van der Waals surface area contributed by atoms with E-state index in [0.29, 0.717) is 0 Å². The van der Waals surface area contributed by atoms with Crippen molar-refractivity contribution in [2.75, 3.05) is 0 Å². The van der Waals surface area contributed by atoms with Gasteiger partial charge in [0.15, 0.2) is 0 Å². The van der Waals surface area contributed by atoms with E-state index < -0.39 is 0 Å². The number of hydrogen-bond acceptors (Lipinski definition) is 4. The van der Waals surface area contributed by atoms with E-state index in [1.807, 2.05) is 36.4 Å². The number of ether oxygens (including phenoxy) is 4. The summed E-state index contributed by atoms with van der Waals surface area (Å²) in [5, 5.41) is 0. The zero-order valence-electron chi connectivity index (χ0n) is 28.8. The van der Waals surface area contributed by atoms with Crippen molar-refractivity contribution in [2.45, 2.75) is 0 Å². The lowest BCUT2D eigenvalue weighted by Gasteiger charge is -2.35. The summed E-state index contributed by atoms with van der Waals surface area (Å²) in [6.07, 6.45) is 0. The average molecular weight is 688 g/mol. The van der Waals surface area contributed by atoms with Gasteiger partial charge in [0.05, 0.1) is 0 Å². The Balaban J connectivity index is 1.09. The topological polar surface area (TPSA) is 36.9 Å². The number of para-hydroxylation sites is 2. The quantitative estimate of drug-likeness (QED) is 0.151. The van der Waals surface area contributed by atoms with Gasteiger partial charge >= 0.3 is 0 Å². The smallest absolute Gasteiger partial charge is 0.260 e. The molecule has 1 aliphatic carbocycles. The van der Waals surface area contributed by atoms with Crippen molar-refractivity contribution in [3.8, 4) is 90.5 Å². The molecule has 0 spiro atoms. The highest BCUT2D eigenvalue weighted by Gasteiger charge is 2.43. The van der Waals surface area contributed by atoms with Gasteiger partial charge in [-0.25, -0.2) is 0 Å². The first-order valence-corrected chi connectivity index (χ1v) is 18.5. The zero-order valence-corrected chi connectivity index (χ0v) is 28.8. The van der Waals surface area contributed by atoms with E-state index in [-0.39, 0.29) is 13.4 Å². The van der Waals surface area contributed by atoms with Gasteiger partial charge in [0.1, 0.15) is 46.0 Å². The van der Waals surface area contributed by atoms with Crippen molar-refractivity contribution in [1.29, 1.82) is 0 Å². The Bertz CT molecular complexity index is 2790. The first-order chi connectivity index (χ1) is 26.8. The SMILES string of the molecule is c1ccc2c(c1)Oc1cccc3c1B2c1cc2c(cc1O3)-c1ccccc1-c1cc3c(cc1-c1ccccc1-2)Oc1cccc2c1B3c1ccccc1O2. The van der Waals surface area contributed by atoms with Gasteiger partial charge in [0, 0.05) is 10.9 Å². The van der Waals surface area contributed by atoms with Crippen LogP contribution in [-0.4, -0.2) is 13.4 Å². The van der Waals surface area contributed by atoms with Crippen LogP contribution in [0.3, 0.4) is 0 Å². The third-order valence-electron chi connectivity index (χ3n) is 11.9. The summed E-state index contributed by atoms with van der Waals surface area (Å²) in [5.41, 5.74) is 16.0. The van der Waals surface area contributed by atoms with Gasteiger partial charge in [-0.2, -0.15) is 0 Å². The molecule has 0 bridgehead atoms. The molecule has 4 nitrogen and oxygen atoms in total. The number of benzene rings is 8. The normalized spacial score (nSPS) is 13.7. The molecule has 0 saturated carbocycles. The third kappa shape index (κ3) is 3.74. The predicted molar refractivity (Wildman–Crippen MR) is 217 cm³/mol. The Kier molecular flexibility index (Phi) is 5.50. The molecule has 0 fully saturated rings. The first-order valence-electron chi connectivity index (χ1n) is 18.5. The molecule has 0 amide bonds. The van der Waals surface area contributed by atoms with Crippen LogP contribution in [-0.2, 0) is 0 Å². The van der Waals surface area contributed by atoms with Gasteiger partial charge in [0.25, 0.3) is 13.4 Å². The van der Waals surface area contributed by atoms with Crippen molar-refractivity contribution < 1.29 is 18.9 Å². The molecule has 4 aliphatic heterocycles. The number of fused-ring (bicyclic) bond motifs is 16. The van der Waals surface area contributed by atoms with E-state index in [0.717, 1.165) is 101 Å². The fraction of sp³-hybridized carbons (Fsp3) is 0. The summed E-state index contributed by atoms with van der Waals surface area (Å²) < 4.78 is 26.5. The van der Waals surface area contributed by atoms with Crippen molar-refractivity contribution in [3.63, 3.8) is 0 Å². The Morgan fingerprint density at radius 1 is 0.241 bits per heavy atom. The maximum atomic E-state index is 6.83. The van der Waals surface area contributed by atoms with Crippen LogP contribution in [0.4, 0.5) is 0 Å². The Morgan fingerprint density at radius 2 is 0.556 bits per heavy atom. The van der Waals surface area contributed by atoms with E-state index in [2.05, 4.69) is 121 Å². The molecule has 0 unspecified atom stereocenters. The highest BCUT2D eigenvalue weighted by atomic mass is 16.5. The minimum Gasteiger partial charge on any atom is -0.458 e. The van der Waals surface area contributed by atoms with Crippen LogP contribution in [0.1, 0.15) is 0 Å². The van der Waals surface area contributed by atoms with Gasteiger partial charge in [-0.1, -0.05) is 109 Å². The average Bonchev–Trinajstić information content (AvgIpc) is 3.22. The third-order valence-corrected chi connectivity index (χ3v) is 11.9. The highest BCUT2D eigenvalue weighted by molar-refractivity contribution is 6.99. The molecular formula is C48H26B2O4. The molecule has 8 aromatic carbocycles. The molecule has 0 radical (unpaired) electrons. The predicted octanol–water partition coefficient (Wildman–Crippen LogP) is 8.12. The van der Waals surface area contributed by atoms with Crippen LogP contribution in [0.5, 0.6) is 46.0 Å². The fourth-order valence-corrected chi connectivity index (χ4v) is 9.65. The molecular weight excluding hydrogens is 662 g/mol. The molecule has 54 heavy (non-hydrogen) atoms. The minimum atomic E-state index is -0.0249. The van der Waals surface area contributed by atoms with Crippen LogP contribution < -0.4 is 51.7 Å². The van der Waals surface area contributed by atoms with Crippen molar-refractivity contribution in [1.82, 2.24) is 0 Å². The summed E-state index contributed by atoms with van der Waals surface area (Å²) in [7, 11) is 0. The fourth-order valence-electron chi connectivity index (χ4n) is 9.65. The van der Waals surface area contributed by atoms with Crippen LogP contribution in [0.15, 0.2) is 158 Å². The summed E-state index contributed by atoms with van der Waals surface area (Å²) in [4.78, 5) is 0. The van der Waals surface area contributed by atoms with E-state index in [1.165, 1.54) is 22.3 Å². The van der Waals surface area contributed by atoms with Crippen molar-refractivity contribution in [2.24, 2.45) is 0 Å². The van der Waals surface area contributed by atoms with Crippen LogP contribution in [0.25, 0.3) is 44.5 Å². The molecule has 0 N–H and O–H groups in total. The molecule has 8 aromatic rings. The van der Waals surface area contributed by atoms with Gasteiger partial charge < -0.3 is 18.9 Å². The maximum absolute atomic E-state index is 6.83. The van der Waals surface area contributed by atoms with Gasteiger partial charge in [-0.3, -0.25) is 0 Å². The van der Waals surface area contributed by atoms with Crippen LogP contribution >= 0.6 is 0 Å². The summed E-state index contributed by atoms with van der Waals surface area (Å²) >= 11 is 0. The van der Waals surface area contributed by atoms with Crippen molar-refractivity contribution >= 4 is 46.2 Å². The molecule has 0 saturated heterocycles. The van der Waals surface area contributed by atoms with E-state index in [1.54, 1.807) is 0 Å². The minimum absolute atomic E-state index is 0.0249. The molecule has 5 aliphatic rings. The second-order valence-electron chi connectivity index (χ2n) is 14.6. The number of hydrogen-bond donors (Lipinski definition) is 0. The molecule has 0 atom stereocenters. The van der Waals surface area contributed by atoms with E-state index >= 15 is 0 Å². The summed E-state index contributed by atoms with van der Waals surface area (Å²) in [6, 6.07) is 56.0. The molecule has 13 rings (SSSR count). The Hall–Kier alpha value is -6.91. The molecule has 4 heterocycles. The van der Waals surface area contributed by atoms with Crippen LogP contribution in [0.2, 0.25) is 0 Å². The Labute approximate surface area is 312 Å². The van der Waals surface area contributed by atoms with Gasteiger partial charge in [-0.15, -0.1) is 0 Å². The molecule has 248 valence electrons. The summed E-state index contributed by atoms with van der Waals surface area (Å²) in [6.45, 7) is -0.0499. The lowest BCUT2D eigenvalue weighted by molar-refractivity contribution is 0.464. The Morgan fingerprint density at radius 3 is 0.963 bits per heavy atom. The van der Waals surface area contributed by atoms with Gasteiger partial charge in [0.2, 0.25) is 0 Å². The lowest BCUT2D eigenvalue weighted by Crippen LogP contribution is -2.57. The highest BCUT2D eigenvalue weighted by Crippen LogP contribution is 2.50. The largest absolute Gasteiger partial charge is 0.458 e. The second kappa shape index (κ2) is 10.4. The molecule has 6 heteroatoms.